The lowest BCUT2D eigenvalue weighted by Crippen LogP contribution is -1.93. The number of hydrogen-bond acceptors (Lipinski definition) is 2. The van der Waals surface area contributed by atoms with Crippen molar-refractivity contribution in [3.8, 4) is 0 Å². The molecule has 0 spiro atoms. The fourth-order valence-corrected chi connectivity index (χ4v) is 2.80. The van der Waals surface area contributed by atoms with E-state index in [2.05, 4.69) is 47.8 Å². The van der Waals surface area contributed by atoms with Gasteiger partial charge >= 0.3 is 0 Å². The van der Waals surface area contributed by atoms with Crippen molar-refractivity contribution in [1.82, 2.24) is 0 Å². The van der Waals surface area contributed by atoms with Crippen LogP contribution in [0.15, 0.2) is 19.5 Å². The highest BCUT2D eigenvalue weighted by molar-refractivity contribution is 9.13. The van der Waals surface area contributed by atoms with E-state index < -0.39 is 4.92 Å². The molecular formula is C7H4Br3NO2. The van der Waals surface area contributed by atoms with E-state index in [1.54, 1.807) is 6.07 Å². The van der Waals surface area contributed by atoms with E-state index in [1.807, 2.05) is 6.92 Å². The molecule has 0 aliphatic carbocycles. The standard InChI is InChI=1S/C7H4Br3NO2/c1-3-2-4(8)7(11(12)13)6(10)5(3)9/h2H,1H3. The molecule has 0 saturated heterocycles. The summed E-state index contributed by atoms with van der Waals surface area (Å²) in [4.78, 5) is 10.2. The van der Waals surface area contributed by atoms with Crippen molar-refractivity contribution < 1.29 is 4.92 Å². The lowest BCUT2D eigenvalue weighted by Gasteiger charge is -2.03. The van der Waals surface area contributed by atoms with Gasteiger partial charge in [0.25, 0.3) is 5.69 Å². The maximum absolute atomic E-state index is 10.6. The van der Waals surface area contributed by atoms with Crippen LogP contribution >= 0.6 is 47.8 Å². The minimum atomic E-state index is -0.432. The van der Waals surface area contributed by atoms with E-state index in [1.165, 1.54) is 0 Å². The van der Waals surface area contributed by atoms with E-state index in [0.717, 1.165) is 5.56 Å². The van der Waals surface area contributed by atoms with Gasteiger partial charge in [-0.2, -0.15) is 0 Å². The van der Waals surface area contributed by atoms with Gasteiger partial charge in [-0.05, 0) is 66.3 Å². The van der Waals surface area contributed by atoms with Crippen molar-refractivity contribution in [3.05, 3.63) is 35.2 Å². The molecule has 6 heteroatoms. The SMILES string of the molecule is Cc1cc(Br)c([N+](=O)[O-])c(Br)c1Br. The van der Waals surface area contributed by atoms with Crippen molar-refractivity contribution in [3.63, 3.8) is 0 Å². The van der Waals surface area contributed by atoms with Crippen LogP contribution in [0.4, 0.5) is 5.69 Å². The van der Waals surface area contributed by atoms with E-state index in [9.17, 15) is 10.1 Å². The maximum Gasteiger partial charge on any atom is 0.298 e. The number of benzene rings is 1. The Labute approximate surface area is 100 Å². The van der Waals surface area contributed by atoms with Crippen molar-refractivity contribution >= 4 is 53.5 Å². The number of nitro benzene ring substituents is 1. The molecule has 70 valence electrons. The van der Waals surface area contributed by atoms with Crippen LogP contribution in [0, 0.1) is 17.0 Å². The first kappa shape index (κ1) is 11.1. The van der Waals surface area contributed by atoms with Gasteiger partial charge in [0.1, 0.15) is 4.47 Å². The molecule has 0 saturated carbocycles. The fourth-order valence-electron chi connectivity index (χ4n) is 0.871. The Morgan fingerprint density at radius 3 is 2.31 bits per heavy atom. The minimum absolute atomic E-state index is 0.0393. The second-order valence-corrected chi connectivity index (χ2v) is 4.85. The molecule has 3 nitrogen and oxygen atoms in total. The highest BCUT2D eigenvalue weighted by Crippen LogP contribution is 2.40. The Hall–Kier alpha value is 0.0600. The molecule has 0 bridgehead atoms. The molecule has 0 atom stereocenters. The Morgan fingerprint density at radius 2 is 1.85 bits per heavy atom. The van der Waals surface area contributed by atoms with Crippen LogP contribution in [0.3, 0.4) is 0 Å². The zero-order valence-electron chi connectivity index (χ0n) is 6.47. The number of halogens is 3. The second kappa shape index (κ2) is 4.06. The largest absolute Gasteiger partial charge is 0.298 e. The third-order valence-corrected chi connectivity index (χ3v) is 4.43. The Morgan fingerprint density at radius 1 is 1.31 bits per heavy atom. The quantitative estimate of drug-likeness (QED) is 0.421. The molecule has 0 amide bonds. The predicted molar refractivity (Wildman–Crippen MR) is 60.9 cm³/mol. The third-order valence-electron chi connectivity index (χ3n) is 1.50. The van der Waals surface area contributed by atoms with Crippen molar-refractivity contribution in [1.29, 1.82) is 0 Å². The fraction of sp³-hybridized carbons (Fsp3) is 0.143. The molecule has 0 unspecified atom stereocenters. The molecule has 1 rings (SSSR count). The van der Waals surface area contributed by atoms with Gasteiger partial charge in [-0.15, -0.1) is 0 Å². The molecule has 0 heterocycles. The van der Waals surface area contributed by atoms with E-state index in [0.29, 0.717) is 13.4 Å². The van der Waals surface area contributed by atoms with Gasteiger partial charge in [-0.3, -0.25) is 10.1 Å². The number of hydrogen-bond donors (Lipinski definition) is 0. The van der Waals surface area contributed by atoms with E-state index in [-0.39, 0.29) is 5.69 Å². The molecule has 0 aromatic heterocycles. The van der Waals surface area contributed by atoms with Gasteiger partial charge in [0.2, 0.25) is 0 Å². The number of rotatable bonds is 1. The minimum Gasteiger partial charge on any atom is -0.258 e. The van der Waals surface area contributed by atoms with Gasteiger partial charge in [0.15, 0.2) is 0 Å². The predicted octanol–water partition coefficient (Wildman–Crippen LogP) is 4.19. The van der Waals surface area contributed by atoms with Gasteiger partial charge < -0.3 is 0 Å². The maximum atomic E-state index is 10.6. The first-order chi connectivity index (χ1) is 5.95. The smallest absolute Gasteiger partial charge is 0.258 e. The molecule has 0 radical (unpaired) electrons. The molecule has 0 fully saturated rings. The molecule has 13 heavy (non-hydrogen) atoms. The van der Waals surface area contributed by atoms with Gasteiger partial charge in [0, 0.05) is 4.47 Å². The van der Waals surface area contributed by atoms with Crippen LogP contribution in [-0.2, 0) is 0 Å². The zero-order valence-corrected chi connectivity index (χ0v) is 11.2. The third kappa shape index (κ3) is 2.11. The Balaban J connectivity index is 3.53. The summed E-state index contributed by atoms with van der Waals surface area (Å²) in [6.45, 7) is 1.86. The summed E-state index contributed by atoms with van der Waals surface area (Å²) >= 11 is 9.56. The summed E-state index contributed by atoms with van der Waals surface area (Å²) in [6, 6.07) is 1.70. The Bertz CT molecular complexity index is 378. The average molecular weight is 374 g/mol. The summed E-state index contributed by atoms with van der Waals surface area (Å²) < 4.78 is 1.65. The van der Waals surface area contributed by atoms with Crippen LogP contribution in [-0.4, -0.2) is 4.92 Å². The molecule has 0 N–H and O–H groups in total. The summed E-state index contributed by atoms with van der Waals surface area (Å²) in [7, 11) is 0. The first-order valence-electron chi connectivity index (χ1n) is 3.23. The van der Waals surface area contributed by atoms with Crippen molar-refractivity contribution in [2.45, 2.75) is 6.92 Å². The van der Waals surface area contributed by atoms with E-state index >= 15 is 0 Å². The summed E-state index contributed by atoms with van der Waals surface area (Å²) in [6.07, 6.45) is 0. The normalized spacial score (nSPS) is 10.2. The van der Waals surface area contributed by atoms with Crippen LogP contribution in [0.2, 0.25) is 0 Å². The van der Waals surface area contributed by atoms with Crippen LogP contribution in [0.5, 0.6) is 0 Å². The van der Waals surface area contributed by atoms with Crippen LogP contribution in [0.25, 0.3) is 0 Å². The average Bonchev–Trinajstić information content (AvgIpc) is 1.99. The highest BCUT2D eigenvalue weighted by Gasteiger charge is 2.20. The molecular weight excluding hydrogens is 370 g/mol. The first-order valence-corrected chi connectivity index (χ1v) is 5.61. The number of nitrogens with zero attached hydrogens (tertiary/aromatic N) is 1. The summed E-state index contributed by atoms with van der Waals surface area (Å²) in [5.41, 5.74) is 0.974. The molecule has 1 aromatic carbocycles. The van der Waals surface area contributed by atoms with Gasteiger partial charge in [-0.1, -0.05) is 0 Å². The van der Waals surface area contributed by atoms with E-state index in [4.69, 9.17) is 0 Å². The number of aryl methyl sites for hydroxylation is 1. The highest BCUT2D eigenvalue weighted by atomic mass is 79.9. The topological polar surface area (TPSA) is 43.1 Å². The van der Waals surface area contributed by atoms with Crippen LogP contribution in [0.1, 0.15) is 5.56 Å². The number of nitro groups is 1. The van der Waals surface area contributed by atoms with Gasteiger partial charge in [0.05, 0.1) is 9.40 Å². The van der Waals surface area contributed by atoms with Crippen molar-refractivity contribution in [2.75, 3.05) is 0 Å². The molecule has 0 aliphatic rings. The Kier molecular flexibility index (Phi) is 3.48. The molecule has 0 aliphatic heterocycles. The molecule has 1 aromatic rings. The summed E-state index contributed by atoms with van der Waals surface area (Å²) in [5.74, 6) is 0. The zero-order chi connectivity index (χ0) is 10.2. The summed E-state index contributed by atoms with van der Waals surface area (Å²) in [5, 5.41) is 10.6. The van der Waals surface area contributed by atoms with Crippen molar-refractivity contribution in [2.24, 2.45) is 0 Å². The lowest BCUT2D eigenvalue weighted by molar-refractivity contribution is -0.386. The lowest BCUT2D eigenvalue weighted by atomic mass is 10.2. The monoisotopic (exact) mass is 371 g/mol. The van der Waals surface area contributed by atoms with Gasteiger partial charge in [-0.25, -0.2) is 0 Å². The van der Waals surface area contributed by atoms with Crippen LogP contribution < -0.4 is 0 Å². The second-order valence-electron chi connectivity index (χ2n) is 2.41.